The van der Waals surface area contributed by atoms with Crippen molar-refractivity contribution in [2.24, 2.45) is 5.41 Å². The van der Waals surface area contributed by atoms with E-state index in [0.29, 0.717) is 11.5 Å². The lowest BCUT2D eigenvalue weighted by Gasteiger charge is -2.28. The summed E-state index contributed by atoms with van der Waals surface area (Å²) in [6.45, 7) is 4.64. The summed E-state index contributed by atoms with van der Waals surface area (Å²) in [5.74, 6) is 0. The number of benzene rings is 1. The quantitative estimate of drug-likeness (QED) is 0.817. The molecule has 16 heavy (non-hydrogen) atoms. The largest absolute Gasteiger partial charge is 0.382 e. The molecule has 84 valence electrons. The Morgan fingerprint density at radius 1 is 1.31 bits per heavy atom. The molecule has 1 saturated carbocycles. The van der Waals surface area contributed by atoms with Gasteiger partial charge in [0.2, 0.25) is 0 Å². The van der Waals surface area contributed by atoms with Crippen molar-refractivity contribution in [2.75, 3.05) is 5.32 Å². The second-order valence-corrected chi connectivity index (χ2v) is 5.27. The van der Waals surface area contributed by atoms with Crippen molar-refractivity contribution in [3.05, 3.63) is 29.8 Å². The topological polar surface area (TPSA) is 35.8 Å². The third-order valence-corrected chi connectivity index (χ3v) is 3.61. The van der Waals surface area contributed by atoms with Gasteiger partial charge in [0.25, 0.3) is 0 Å². The Kier molecular flexibility index (Phi) is 2.87. The van der Waals surface area contributed by atoms with E-state index in [1.807, 2.05) is 24.3 Å². The average molecular weight is 214 g/mol. The summed E-state index contributed by atoms with van der Waals surface area (Å²) in [4.78, 5) is 0. The SMILES string of the molecule is CC1(C)CCCC1Nc1ccc(C#N)cc1. The molecule has 1 atom stereocenters. The van der Waals surface area contributed by atoms with E-state index in [1.165, 1.54) is 19.3 Å². The summed E-state index contributed by atoms with van der Waals surface area (Å²) in [5.41, 5.74) is 2.23. The van der Waals surface area contributed by atoms with Crippen molar-refractivity contribution >= 4 is 5.69 Å². The molecular formula is C14H18N2. The first-order chi connectivity index (χ1) is 7.62. The zero-order valence-electron chi connectivity index (χ0n) is 9.96. The normalized spacial score (nSPS) is 22.7. The highest BCUT2D eigenvalue weighted by atomic mass is 14.9. The van der Waals surface area contributed by atoms with Crippen LogP contribution in [0.25, 0.3) is 0 Å². The minimum atomic E-state index is 0.383. The second-order valence-electron chi connectivity index (χ2n) is 5.27. The number of nitrogens with zero attached hydrogens (tertiary/aromatic N) is 1. The van der Waals surface area contributed by atoms with Gasteiger partial charge in [-0.2, -0.15) is 5.26 Å². The molecule has 1 fully saturated rings. The Morgan fingerprint density at radius 3 is 2.50 bits per heavy atom. The van der Waals surface area contributed by atoms with Gasteiger partial charge < -0.3 is 5.32 Å². The Labute approximate surface area is 97.3 Å². The molecule has 1 aliphatic carbocycles. The smallest absolute Gasteiger partial charge is 0.0991 e. The molecule has 0 saturated heterocycles. The molecule has 1 aromatic carbocycles. The summed E-state index contributed by atoms with van der Waals surface area (Å²) in [7, 11) is 0. The summed E-state index contributed by atoms with van der Waals surface area (Å²) in [6.07, 6.45) is 3.84. The van der Waals surface area contributed by atoms with Crippen LogP contribution >= 0.6 is 0 Å². The van der Waals surface area contributed by atoms with Crippen LogP contribution in [0.2, 0.25) is 0 Å². The van der Waals surface area contributed by atoms with Crippen LogP contribution in [-0.4, -0.2) is 6.04 Å². The van der Waals surface area contributed by atoms with Crippen LogP contribution in [0.15, 0.2) is 24.3 Å². The van der Waals surface area contributed by atoms with E-state index in [1.54, 1.807) is 0 Å². The lowest BCUT2D eigenvalue weighted by atomic mass is 9.87. The fourth-order valence-corrected chi connectivity index (χ4v) is 2.44. The van der Waals surface area contributed by atoms with Crippen molar-refractivity contribution in [1.82, 2.24) is 0 Å². The summed E-state index contributed by atoms with van der Waals surface area (Å²) in [6, 6.07) is 10.4. The summed E-state index contributed by atoms with van der Waals surface area (Å²) >= 11 is 0. The van der Waals surface area contributed by atoms with Crippen LogP contribution in [0.3, 0.4) is 0 Å². The van der Waals surface area contributed by atoms with Crippen LogP contribution in [0.5, 0.6) is 0 Å². The fourth-order valence-electron chi connectivity index (χ4n) is 2.44. The van der Waals surface area contributed by atoms with Gasteiger partial charge in [-0.25, -0.2) is 0 Å². The maximum atomic E-state index is 8.73. The monoisotopic (exact) mass is 214 g/mol. The second kappa shape index (κ2) is 4.17. The molecule has 1 unspecified atom stereocenters. The Hall–Kier alpha value is -1.49. The maximum absolute atomic E-state index is 8.73. The molecule has 2 rings (SSSR count). The Morgan fingerprint density at radius 2 is 2.00 bits per heavy atom. The molecule has 2 heteroatoms. The number of nitrogens with one attached hydrogen (secondary N) is 1. The molecule has 0 amide bonds. The van der Waals surface area contributed by atoms with E-state index < -0.39 is 0 Å². The predicted molar refractivity (Wildman–Crippen MR) is 66.2 cm³/mol. The van der Waals surface area contributed by atoms with Crippen molar-refractivity contribution in [3.63, 3.8) is 0 Å². The Bertz CT molecular complexity index is 398. The van der Waals surface area contributed by atoms with Gasteiger partial charge in [0.1, 0.15) is 0 Å². The number of anilines is 1. The predicted octanol–water partition coefficient (Wildman–Crippen LogP) is 3.55. The van der Waals surface area contributed by atoms with Gasteiger partial charge in [-0.05, 0) is 42.5 Å². The zero-order chi connectivity index (χ0) is 11.6. The van der Waals surface area contributed by atoms with Gasteiger partial charge in [-0.3, -0.25) is 0 Å². The fraction of sp³-hybridized carbons (Fsp3) is 0.500. The van der Waals surface area contributed by atoms with E-state index in [9.17, 15) is 0 Å². The molecule has 1 aromatic rings. The third-order valence-electron chi connectivity index (χ3n) is 3.61. The molecule has 1 aliphatic rings. The van der Waals surface area contributed by atoms with Crippen molar-refractivity contribution in [3.8, 4) is 6.07 Å². The number of nitriles is 1. The number of hydrogen-bond donors (Lipinski definition) is 1. The molecule has 0 heterocycles. The zero-order valence-corrected chi connectivity index (χ0v) is 9.96. The highest BCUT2D eigenvalue weighted by Crippen LogP contribution is 2.38. The first-order valence-corrected chi connectivity index (χ1v) is 5.88. The van der Waals surface area contributed by atoms with E-state index >= 15 is 0 Å². The van der Waals surface area contributed by atoms with Gasteiger partial charge in [0.05, 0.1) is 11.6 Å². The van der Waals surface area contributed by atoms with Crippen LogP contribution < -0.4 is 5.32 Å². The molecule has 0 aromatic heterocycles. The van der Waals surface area contributed by atoms with Gasteiger partial charge in [-0.15, -0.1) is 0 Å². The van der Waals surface area contributed by atoms with Crippen LogP contribution in [0.4, 0.5) is 5.69 Å². The van der Waals surface area contributed by atoms with Gasteiger partial charge in [-0.1, -0.05) is 20.3 Å². The first-order valence-electron chi connectivity index (χ1n) is 5.88. The van der Waals surface area contributed by atoms with Gasteiger partial charge in [0.15, 0.2) is 0 Å². The highest BCUT2D eigenvalue weighted by molar-refractivity contribution is 5.48. The minimum absolute atomic E-state index is 0.383. The minimum Gasteiger partial charge on any atom is -0.382 e. The molecule has 0 spiro atoms. The van der Waals surface area contributed by atoms with Crippen molar-refractivity contribution in [1.29, 1.82) is 5.26 Å². The lowest BCUT2D eigenvalue weighted by molar-refractivity contribution is 0.350. The van der Waals surface area contributed by atoms with Crippen molar-refractivity contribution < 1.29 is 0 Å². The van der Waals surface area contributed by atoms with Crippen LogP contribution in [0.1, 0.15) is 38.7 Å². The van der Waals surface area contributed by atoms with Gasteiger partial charge >= 0.3 is 0 Å². The standard InChI is InChI=1S/C14H18N2/c1-14(2)9-3-4-13(14)16-12-7-5-11(10-15)6-8-12/h5-8,13,16H,3-4,9H2,1-2H3. The van der Waals surface area contributed by atoms with E-state index in [4.69, 9.17) is 5.26 Å². The number of hydrogen-bond acceptors (Lipinski definition) is 2. The summed E-state index contributed by atoms with van der Waals surface area (Å²) < 4.78 is 0. The molecule has 2 nitrogen and oxygen atoms in total. The van der Waals surface area contributed by atoms with Crippen LogP contribution in [0, 0.1) is 16.7 Å². The molecular weight excluding hydrogens is 196 g/mol. The molecule has 1 N–H and O–H groups in total. The van der Waals surface area contributed by atoms with E-state index in [-0.39, 0.29) is 0 Å². The Balaban J connectivity index is 2.07. The maximum Gasteiger partial charge on any atom is 0.0991 e. The number of rotatable bonds is 2. The van der Waals surface area contributed by atoms with E-state index in [2.05, 4.69) is 25.2 Å². The van der Waals surface area contributed by atoms with E-state index in [0.717, 1.165) is 11.3 Å². The third kappa shape index (κ3) is 2.19. The molecule has 0 aliphatic heterocycles. The van der Waals surface area contributed by atoms with Crippen molar-refractivity contribution in [2.45, 2.75) is 39.2 Å². The summed E-state index contributed by atoms with van der Waals surface area (Å²) in [5, 5.41) is 12.3. The molecule has 0 bridgehead atoms. The highest BCUT2D eigenvalue weighted by Gasteiger charge is 2.34. The lowest BCUT2D eigenvalue weighted by Crippen LogP contribution is -2.30. The molecule has 0 radical (unpaired) electrons. The average Bonchev–Trinajstić information content (AvgIpc) is 2.59. The van der Waals surface area contributed by atoms with Crippen LogP contribution in [-0.2, 0) is 0 Å². The van der Waals surface area contributed by atoms with Gasteiger partial charge in [0, 0.05) is 11.7 Å². The first kappa shape index (κ1) is 11.0.